The Morgan fingerprint density at radius 1 is 0.857 bits per heavy atom. The number of hydroxylamine groups is 1. The minimum Gasteiger partial charge on any atom is -0.273 e. The van der Waals surface area contributed by atoms with E-state index in [4.69, 9.17) is 0 Å². The molecule has 0 aliphatic rings. The highest BCUT2D eigenvalue weighted by molar-refractivity contribution is 6.23. The highest BCUT2D eigenvalue weighted by atomic mass is 19.4. The number of hydrogen-bond acceptors (Lipinski definition) is 2. The molecule has 0 atom stereocenters. The van der Waals surface area contributed by atoms with E-state index in [1.54, 1.807) is 0 Å². The van der Waals surface area contributed by atoms with Crippen LogP contribution in [0.5, 0.6) is 0 Å². The molecule has 0 fully saturated rings. The lowest BCUT2D eigenvalue weighted by Gasteiger charge is -2.14. The summed E-state index contributed by atoms with van der Waals surface area (Å²) in [6, 6.07) is 19.0. The van der Waals surface area contributed by atoms with Gasteiger partial charge in [-0.1, -0.05) is 54.6 Å². The summed E-state index contributed by atoms with van der Waals surface area (Å²) in [7, 11) is 0. The van der Waals surface area contributed by atoms with Crippen LogP contribution in [0, 0.1) is 0 Å². The molecule has 0 radical (unpaired) electrons. The van der Waals surface area contributed by atoms with E-state index in [9.17, 15) is 18.0 Å². The molecule has 3 nitrogen and oxygen atoms in total. The van der Waals surface area contributed by atoms with Crippen LogP contribution in [0.4, 0.5) is 13.2 Å². The Hall–Kier alpha value is -2.86. The maximum absolute atomic E-state index is 12.1. The average Bonchev–Trinajstić information content (AvgIpc) is 2.68. The van der Waals surface area contributed by atoms with Crippen LogP contribution < -0.4 is 5.48 Å². The van der Waals surface area contributed by atoms with Gasteiger partial charge in [0, 0.05) is 0 Å². The predicted molar refractivity (Wildman–Crippen MR) is 103 cm³/mol. The Morgan fingerprint density at radius 2 is 1.50 bits per heavy atom. The fourth-order valence-electron chi connectivity index (χ4n) is 3.68. The Labute approximate surface area is 159 Å². The van der Waals surface area contributed by atoms with Crippen molar-refractivity contribution in [2.45, 2.75) is 25.4 Å². The van der Waals surface area contributed by atoms with E-state index in [-0.39, 0.29) is 6.61 Å². The van der Waals surface area contributed by atoms with E-state index in [0.717, 1.165) is 12.8 Å². The van der Waals surface area contributed by atoms with Gasteiger partial charge < -0.3 is 0 Å². The van der Waals surface area contributed by atoms with E-state index < -0.39 is 12.1 Å². The number of carbonyl (C=O) groups is 1. The summed E-state index contributed by atoms with van der Waals surface area (Å²) in [6.07, 6.45) is -2.86. The van der Waals surface area contributed by atoms with Crippen molar-refractivity contribution in [3.05, 3.63) is 60.2 Å². The van der Waals surface area contributed by atoms with Gasteiger partial charge in [0.05, 0.1) is 6.61 Å². The van der Waals surface area contributed by atoms with E-state index >= 15 is 0 Å². The zero-order valence-electron chi connectivity index (χ0n) is 15.0. The lowest BCUT2D eigenvalue weighted by molar-refractivity contribution is -0.186. The standard InChI is InChI=1S/C22H18F3NO2/c23-22(24,25)21(27)26-28-13-2-1-4-14-7-8-17-10-9-15-5-3-6-16-11-12-18(14)20(17)19(15)16/h3,5-12H,1-2,4,13H2,(H,26,27). The van der Waals surface area contributed by atoms with E-state index in [1.807, 2.05) is 0 Å². The van der Waals surface area contributed by atoms with E-state index in [0.29, 0.717) is 6.42 Å². The fourth-order valence-corrected chi connectivity index (χ4v) is 3.68. The molecule has 0 saturated heterocycles. The molecule has 0 spiro atoms. The van der Waals surface area contributed by atoms with Gasteiger partial charge >= 0.3 is 12.1 Å². The van der Waals surface area contributed by atoms with Crippen LogP contribution >= 0.6 is 0 Å². The van der Waals surface area contributed by atoms with Gasteiger partial charge in [0.2, 0.25) is 0 Å². The molecule has 4 aromatic carbocycles. The molecule has 144 valence electrons. The summed E-state index contributed by atoms with van der Waals surface area (Å²) >= 11 is 0. The zero-order valence-corrected chi connectivity index (χ0v) is 15.0. The molecule has 0 unspecified atom stereocenters. The number of aryl methyl sites for hydroxylation is 1. The number of benzene rings is 4. The minimum absolute atomic E-state index is 0.0354. The van der Waals surface area contributed by atoms with Gasteiger partial charge in [0.25, 0.3) is 0 Å². The van der Waals surface area contributed by atoms with Crippen molar-refractivity contribution in [2.24, 2.45) is 0 Å². The topological polar surface area (TPSA) is 38.3 Å². The summed E-state index contributed by atoms with van der Waals surface area (Å²) in [5.74, 6) is -2.08. The molecular formula is C22H18F3NO2. The smallest absolute Gasteiger partial charge is 0.273 e. The lowest BCUT2D eigenvalue weighted by Crippen LogP contribution is -2.36. The summed E-state index contributed by atoms with van der Waals surface area (Å²) in [6.45, 7) is 0.0354. The molecule has 6 heteroatoms. The first kappa shape index (κ1) is 18.5. The van der Waals surface area contributed by atoms with Gasteiger partial charge in [-0.2, -0.15) is 13.2 Å². The largest absolute Gasteiger partial charge is 0.473 e. The monoisotopic (exact) mass is 385 g/mol. The van der Waals surface area contributed by atoms with Crippen molar-refractivity contribution in [1.82, 2.24) is 5.48 Å². The molecule has 1 amide bonds. The first-order valence-electron chi connectivity index (χ1n) is 9.09. The molecule has 4 rings (SSSR count). The molecule has 28 heavy (non-hydrogen) atoms. The van der Waals surface area contributed by atoms with E-state index in [2.05, 4.69) is 59.4 Å². The van der Waals surface area contributed by atoms with Crippen LogP contribution in [0.3, 0.4) is 0 Å². The van der Waals surface area contributed by atoms with Gasteiger partial charge in [-0.25, -0.2) is 5.48 Å². The van der Waals surface area contributed by atoms with Crippen LogP contribution in [0.1, 0.15) is 18.4 Å². The van der Waals surface area contributed by atoms with Gasteiger partial charge in [-0.05, 0) is 57.1 Å². The maximum Gasteiger partial charge on any atom is 0.473 e. The molecule has 1 N–H and O–H groups in total. The first-order valence-corrected chi connectivity index (χ1v) is 9.09. The van der Waals surface area contributed by atoms with Gasteiger partial charge in [-0.15, -0.1) is 0 Å². The number of nitrogens with one attached hydrogen (secondary N) is 1. The Balaban J connectivity index is 1.45. The van der Waals surface area contributed by atoms with Crippen molar-refractivity contribution in [3.8, 4) is 0 Å². The van der Waals surface area contributed by atoms with Crippen LogP contribution in [-0.4, -0.2) is 18.7 Å². The van der Waals surface area contributed by atoms with Crippen molar-refractivity contribution >= 4 is 38.2 Å². The Kier molecular flexibility index (Phi) is 4.81. The lowest BCUT2D eigenvalue weighted by atomic mass is 9.91. The van der Waals surface area contributed by atoms with Crippen LogP contribution in [0.25, 0.3) is 32.3 Å². The zero-order chi connectivity index (χ0) is 19.7. The summed E-state index contributed by atoms with van der Waals surface area (Å²) in [5, 5.41) is 7.33. The van der Waals surface area contributed by atoms with Gasteiger partial charge in [-0.3, -0.25) is 9.63 Å². The van der Waals surface area contributed by atoms with Crippen LogP contribution in [-0.2, 0) is 16.1 Å². The summed E-state index contributed by atoms with van der Waals surface area (Å²) in [5.41, 5.74) is 2.62. The number of carbonyl (C=O) groups excluding carboxylic acids is 1. The number of rotatable bonds is 6. The first-order chi connectivity index (χ1) is 13.4. The fraction of sp³-hybridized carbons (Fsp3) is 0.227. The molecular weight excluding hydrogens is 367 g/mol. The molecule has 0 bridgehead atoms. The average molecular weight is 385 g/mol. The number of unbranched alkanes of at least 4 members (excludes halogenated alkanes) is 1. The second-order valence-corrected chi connectivity index (χ2v) is 6.82. The predicted octanol–water partition coefficient (Wildman–Crippen LogP) is 5.52. The molecule has 0 heterocycles. The third kappa shape index (κ3) is 3.47. The number of halogens is 3. The highest BCUT2D eigenvalue weighted by Gasteiger charge is 2.38. The van der Waals surface area contributed by atoms with Crippen LogP contribution in [0.2, 0.25) is 0 Å². The maximum atomic E-state index is 12.1. The van der Waals surface area contributed by atoms with Crippen molar-refractivity contribution in [1.29, 1.82) is 0 Å². The Bertz CT molecular complexity index is 1120. The number of alkyl halides is 3. The summed E-state index contributed by atoms with van der Waals surface area (Å²) < 4.78 is 36.2. The normalized spacial score (nSPS) is 12.2. The van der Waals surface area contributed by atoms with Gasteiger partial charge in [0.1, 0.15) is 0 Å². The molecule has 0 aliphatic carbocycles. The third-order valence-corrected chi connectivity index (χ3v) is 4.98. The number of amides is 1. The molecule has 0 aromatic heterocycles. The molecule has 4 aromatic rings. The third-order valence-electron chi connectivity index (χ3n) is 4.98. The summed E-state index contributed by atoms with van der Waals surface area (Å²) in [4.78, 5) is 15.3. The molecule has 0 aliphatic heterocycles. The molecule has 0 saturated carbocycles. The quantitative estimate of drug-likeness (QED) is 0.270. The Morgan fingerprint density at radius 3 is 2.21 bits per heavy atom. The van der Waals surface area contributed by atoms with Crippen molar-refractivity contribution < 1.29 is 22.8 Å². The van der Waals surface area contributed by atoms with E-state index in [1.165, 1.54) is 43.4 Å². The van der Waals surface area contributed by atoms with Crippen molar-refractivity contribution in [2.75, 3.05) is 6.61 Å². The minimum atomic E-state index is -4.93. The highest BCUT2D eigenvalue weighted by Crippen LogP contribution is 2.36. The second-order valence-electron chi connectivity index (χ2n) is 6.82. The van der Waals surface area contributed by atoms with Gasteiger partial charge in [0.15, 0.2) is 0 Å². The van der Waals surface area contributed by atoms with Crippen LogP contribution in [0.15, 0.2) is 54.6 Å². The number of hydrogen-bond donors (Lipinski definition) is 1. The second kappa shape index (κ2) is 7.28. The van der Waals surface area contributed by atoms with Crippen molar-refractivity contribution in [3.63, 3.8) is 0 Å². The SMILES string of the molecule is O=C(NOCCCCc1ccc2ccc3cccc4ccc1c2c34)C(F)(F)F.